The number of nitrogens with zero attached hydrogens (tertiary/aromatic N) is 2. The van der Waals surface area contributed by atoms with Crippen LogP contribution in [-0.2, 0) is 6.42 Å². The lowest BCUT2D eigenvalue weighted by molar-refractivity contribution is 0.474. The molecule has 4 nitrogen and oxygen atoms in total. The number of nitriles is 2. The van der Waals surface area contributed by atoms with Gasteiger partial charge in [-0.25, -0.2) is 0 Å². The highest BCUT2D eigenvalue weighted by atomic mass is 16.3. The molecule has 0 aliphatic rings. The minimum Gasteiger partial charge on any atom is -0.508 e. The van der Waals surface area contributed by atoms with Crippen molar-refractivity contribution in [3.63, 3.8) is 0 Å². The Morgan fingerprint density at radius 3 is 2.29 bits per heavy atom. The Bertz CT molecular complexity index is 425. The Morgan fingerprint density at radius 1 is 1.24 bits per heavy atom. The average Bonchev–Trinajstić information content (AvgIpc) is 2.38. The first-order valence-electron chi connectivity index (χ1n) is 5.51. The highest BCUT2D eigenvalue weighted by Crippen LogP contribution is 2.11. The van der Waals surface area contributed by atoms with Crippen LogP contribution in [0.5, 0.6) is 5.75 Å². The molecule has 0 bridgehead atoms. The fourth-order valence-electron chi connectivity index (χ4n) is 1.47. The van der Waals surface area contributed by atoms with Crippen LogP contribution in [0, 0.1) is 22.7 Å². The van der Waals surface area contributed by atoms with Crippen LogP contribution in [0.3, 0.4) is 0 Å². The quantitative estimate of drug-likeness (QED) is 0.805. The van der Waals surface area contributed by atoms with Crippen LogP contribution >= 0.6 is 0 Å². The van der Waals surface area contributed by atoms with Crippen molar-refractivity contribution >= 4 is 0 Å². The van der Waals surface area contributed by atoms with Gasteiger partial charge in [0.25, 0.3) is 0 Å². The maximum atomic E-state index is 9.12. The van der Waals surface area contributed by atoms with E-state index in [2.05, 4.69) is 5.32 Å². The Hall–Kier alpha value is -2.04. The highest BCUT2D eigenvalue weighted by Gasteiger charge is 2.26. The summed E-state index contributed by atoms with van der Waals surface area (Å²) >= 11 is 0. The van der Waals surface area contributed by atoms with Crippen molar-refractivity contribution in [3.05, 3.63) is 29.8 Å². The van der Waals surface area contributed by atoms with Gasteiger partial charge in [0.2, 0.25) is 0 Å². The summed E-state index contributed by atoms with van der Waals surface area (Å²) in [5.74, 6) is 0.235. The Morgan fingerprint density at radius 2 is 1.82 bits per heavy atom. The van der Waals surface area contributed by atoms with E-state index in [1.54, 1.807) is 19.1 Å². The smallest absolute Gasteiger partial charge is 0.193 e. The van der Waals surface area contributed by atoms with Gasteiger partial charge in [-0.05, 0) is 30.5 Å². The molecule has 0 unspecified atom stereocenters. The summed E-state index contributed by atoms with van der Waals surface area (Å²) < 4.78 is 0. The van der Waals surface area contributed by atoms with Gasteiger partial charge in [-0.15, -0.1) is 0 Å². The first-order valence-corrected chi connectivity index (χ1v) is 5.51. The van der Waals surface area contributed by atoms with Crippen molar-refractivity contribution < 1.29 is 5.11 Å². The molecule has 88 valence electrons. The molecule has 0 aliphatic heterocycles. The van der Waals surface area contributed by atoms with E-state index in [1.807, 2.05) is 24.3 Å². The lowest BCUT2D eigenvalue weighted by Gasteiger charge is -2.17. The molecule has 17 heavy (non-hydrogen) atoms. The molecule has 0 saturated heterocycles. The van der Waals surface area contributed by atoms with Crippen molar-refractivity contribution in [2.24, 2.45) is 0 Å². The second-order valence-corrected chi connectivity index (χ2v) is 3.83. The Labute approximate surface area is 101 Å². The lowest BCUT2D eigenvalue weighted by atomic mass is 10.00. The average molecular weight is 229 g/mol. The van der Waals surface area contributed by atoms with Crippen LogP contribution in [0.15, 0.2) is 24.3 Å². The molecule has 1 aromatic rings. The van der Waals surface area contributed by atoms with Crippen LogP contribution in [0.25, 0.3) is 0 Å². The molecular formula is C13H15N3O. The van der Waals surface area contributed by atoms with E-state index in [-0.39, 0.29) is 5.75 Å². The number of hydrogen-bond acceptors (Lipinski definition) is 4. The Balaban J connectivity index is 2.51. The third-order valence-corrected chi connectivity index (χ3v) is 2.69. The zero-order valence-corrected chi connectivity index (χ0v) is 9.77. The summed E-state index contributed by atoms with van der Waals surface area (Å²) in [5.41, 5.74) is -0.0344. The van der Waals surface area contributed by atoms with Gasteiger partial charge in [0.1, 0.15) is 17.9 Å². The molecule has 1 rings (SSSR count). The molecule has 0 amide bonds. The van der Waals surface area contributed by atoms with Crippen LogP contribution in [-0.4, -0.2) is 17.2 Å². The number of benzene rings is 1. The van der Waals surface area contributed by atoms with Crippen LogP contribution in [0.2, 0.25) is 0 Å². The van der Waals surface area contributed by atoms with Gasteiger partial charge in [-0.1, -0.05) is 19.1 Å². The molecule has 0 fully saturated rings. The number of phenolic OH excluding ortho intramolecular Hbond substituents is 1. The van der Waals surface area contributed by atoms with Gasteiger partial charge < -0.3 is 5.11 Å². The first kappa shape index (κ1) is 13.0. The number of phenols is 1. The van der Waals surface area contributed by atoms with Crippen molar-refractivity contribution in [1.29, 1.82) is 10.5 Å². The molecular weight excluding hydrogens is 214 g/mol. The zero-order valence-electron chi connectivity index (χ0n) is 9.77. The number of rotatable bonds is 5. The van der Waals surface area contributed by atoms with Crippen LogP contribution in [0.4, 0.5) is 0 Å². The molecule has 0 radical (unpaired) electrons. The topological polar surface area (TPSA) is 79.8 Å². The third kappa shape index (κ3) is 3.48. The summed E-state index contributed by atoms with van der Waals surface area (Å²) in [7, 11) is 0. The molecule has 0 atom stereocenters. The standard InChI is InChI=1S/C13H15N3O/c1-2-13(9-14,10-15)16-8-7-11-3-5-12(17)6-4-11/h3-6,16-17H,2,7-8H2,1H3. The van der Waals surface area contributed by atoms with E-state index in [1.165, 1.54) is 0 Å². The molecule has 0 aliphatic carbocycles. The molecule has 1 aromatic carbocycles. The molecule has 0 aromatic heterocycles. The van der Waals surface area contributed by atoms with E-state index < -0.39 is 5.54 Å². The zero-order chi connectivity index (χ0) is 12.7. The van der Waals surface area contributed by atoms with E-state index in [4.69, 9.17) is 15.6 Å². The van der Waals surface area contributed by atoms with Gasteiger partial charge in [-0.2, -0.15) is 10.5 Å². The minimum absolute atomic E-state index is 0.235. The number of hydrogen-bond donors (Lipinski definition) is 2. The molecule has 4 heteroatoms. The van der Waals surface area contributed by atoms with E-state index in [9.17, 15) is 0 Å². The third-order valence-electron chi connectivity index (χ3n) is 2.69. The van der Waals surface area contributed by atoms with E-state index >= 15 is 0 Å². The fourth-order valence-corrected chi connectivity index (χ4v) is 1.47. The molecule has 0 heterocycles. The van der Waals surface area contributed by atoms with Gasteiger partial charge in [-0.3, -0.25) is 5.32 Å². The maximum absolute atomic E-state index is 9.12. The molecule has 2 N–H and O–H groups in total. The summed E-state index contributed by atoms with van der Waals surface area (Å²) in [6, 6.07) is 10.9. The van der Waals surface area contributed by atoms with Gasteiger partial charge in [0, 0.05) is 6.54 Å². The summed E-state index contributed by atoms with van der Waals surface area (Å²) in [6.45, 7) is 2.36. The minimum atomic E-state index is -1.09. The highest BCUT2D eigenvalue weighted by molar-refractivity contribution is 5.26. The summed E-state index contributed by atoms with van der Waals surface area (Å²) in [5, 5.41) is 30.0. The van der Waals surface area contributed by atoms with Crippen molar-refractivity contribution in [2.75, 3.05) is 6.54 Å². The number of aromatic hydroxyl groups is 1. The van der Waals surface area contributed by atoms with E-state index in [0.29, 0.717) is 19.4 Å². The second kappa shape index (κ2) is 5.89. The summed E-state index contributed by atoms with van der Waals surface area (Å²) in [4.78, 5) is 0. The van der Waals surface area contributed by atoms with Crippen molar-refractivity contribution in [2.45, 2.75) is 25.3 Å². The normalized spacial score (nSPS) is 10.5. The largest absolute Gasteiger partial charge is 0.508 e. The Kier molecular flexibility index (Phi) is 4.51. The first-order chi connectivity index (χ1) is 8.15. The van der Waals surface area contributed by atoms with Gasteiger partial charge >= 0.3 is 0 Å². The van der Waals surface area contributed by atoms with Crippen molar-refractivity contribution in [3.8, 4) is 17.9 Å². The van der Waals surface area contributed by atoms with Crippen molar-refractivity contribution in [1.82, 2.24) is 5.32 Å². The second-order valence-electron chi connectivity index (χ2n) is 3.83. The van der Waals surface area contributed by atoms with Gasteiger partial charge in [0.05, 0.1) is 0 Å². The van der Waals surface area contributed by atoms with Crippen LogP contribution < -0.4 is 5.32 Å². The lowest BCUT2D eigenvalue weighted by Crippen LogP contribution is -2.42. The predicted molar refractivity (Wildman–Crippen MR) is 64.1 cm³/mol. The monoisotopic (exact) mass is 229 g/mol. The molecule has 0 spiro atoms. The van der Waals surface area contributed by atoms with Gasteiger partial charge in [0.15, 0.2) is 5.54 Å². The fraction of sp³-hybridized carbons (Fsp3) is 0.385. The van der Waals surface area contributed by atoms with E-state index in [0.717, 1.165) is 5.56 Å². The SMILES string of the molecule is CCC(C#N)(C#N)NCCc1ccc(O)cc1. The molecule has 0 saturated carbocycles. The van der Waals surface area contributed by atoms with Crippen LogP contribution in [0.1, 0.15) is 18.9 Å². The number of nitrogens with one attached hydrogen (secondary N) is 1. The maximum Gasteiger partial charge on any atom is 0.193 e. The summed E-state index contributed by atoms with van der Waals surface area (Å²) in [6.07, 6.45) is 1.17. The predicted octanol–water partition coefficient (Wildman–Crippen LogP) is 1.72.